The Morgan fingerprint density at radius 3 is 2.69 bits per heavy atom. The van der Waals surface area contributed by atoms with Gasteiger partial charge in [0.2, 0.25) is 0 Å². The van der Waals surface area contributed by atoms with E-state index in [1.165, 1.54) is 0 Å². The highest BCUT2D eigenvalue weighted by molar-refractivity contribution is 5.95. The van der Waals surface area contributed by atoms with Crippen LogP contribution >= 0.6 is 0 Å². The number of nitrogens with zero attached hydrogens (tertiary/aromatic N) is 4. The molecule has 2 aliphatic heterocycles. The molecule has 0 bridgehead atoms. The molecular weight excluding hydrogens is 368 g/mol. The molecule has 1 fully saturated rings. The molecule has 1 saturated heterocycles. The first kappa shape index (κ1) is 17.9. The minimum Gasteiger partial charge on any atom is -0.448 e. The first-order chi connectivity index (χ1) is 14.2. The first-order valence-electron chi connectivity index (χ1n) is 9.90. The maximum absolute atomic E-state index is 12.9. The quantitative estimate of drug-likeness (QED) is 0.638. The maximum atomic E-state index is 12.9. The number of hydrogen-bond acceptors (Lipinski definition) is 5. The van der Waals surface area contributed by atoms with Crippen LogP contribution in [0.4, 0.5) is 0 Å². The highest BCUT2D eigenvalue weighted by atomic mass is 16.5. The van der Waals surface area contributed by atoms with Gasteiger partial charge in [0.15, 0.2) is 6.10 Å². The van der Waals surface area contributed by atoms with Crippen molar-refractivity contribution in [2.75, 3.05) is 26.2 Å². The van der Waals surface area contributed by atoms with E-state index in [0.29, 0.717) is 25.1 Å². The van der Waals surface area contributed by atoms with Crippen LogP contribution in [-0.4, -0.2) is 63.3 Å². The van der Waals surface area contributed by atoms with Crippen LogP contribution < -0.4 is 0 Å². The lowest BCUT2D eigenvalue weighted by Crippen LogP contribution is -2.52. The van der Waals surface area contributed by atoms with Crippen LogP contribution in [0.3, 0.4) is 0 Å². The molecule has 4 heterocycles. The van der Waals surface area contributed by atoms with Gasteiger partial charge in [0.1, 0.15) is 5.65 Å². The van der Waals surface area contributed by atoms with Gasteiger partial charge in [-0.2, -0.15) is 0 Å². The van der Waals surface area contributed by atoms with E-state index in [4.69, 9.17) is 4.74 Å². The number of hydrogen-bond donors (Lipinski definition) is 0. The van der Waals surface area contributed by atoms with Crippen LogP contribution in [-0.2, 0) is 22.5 Å². The summed E-state index contributed by atoms with van der Waals surface area (Å²) in [6.45, 7) is 3.56. The van der Waals surface area contributed by atoms with Crippen LogP contribution in [0, 0.1) is 0 Å². The summed E-state index contributed by atoms with van der Waals surface area (Å²) < 4.78 is 7.45. The van der Waals surface area contributed by atoms with Gasteiger partial charge in [0.25, 0.3) is 5.91 Å². The molecular formula is C22H22N4O3. The second-order valence-electron chi connectivity index (χ2n) is 7.56. The third-order valence-electron chi connectivity index (χ3n) is 5.65. The normalized spacial score (nSPS) is 19.8. The maximum Gasteiger partial charge on any atom is 0.339 e. The molecule has 1 atom stereocenters. The number of carbonyl (C=O) groups excluding carboxylic acids is 2. The predicted molar refractivity (Wildman–Crippen MR) is 106 cm³/mol. The lowest BCUT2D eigenvalue weighted by atomic mass is 9.98. The van der Waals surface area contributed by atoms with E-state index in [1.54, 1.807) is 6.07 Å². The van der Waals surface area contributed by atoms with Crippen molar-refractivity contribution in [2.24, 2.45) is 0 Å². The number of piperazine rings is 1. The van der Waals surface area contributed by atoms with Crippen molar-refractivity contribution in [3.05, 3.63) is 71.7 Å². The fourth-order valence-corrected chi connectivity index (χ4v) is 4.09. The number of ether oxygens (including phenoxy) is 1. The third kappa shape index (κ3) is 3.49. The average Bonchev–Trinajstić information content (AvgIpc) is 3.16. The van der Waals surface area contributed by atoms with Crippen LogP contribution in [0.5, 0.6) is 0 Å². The molecule has 1 aromatic carbocycles. The van der Waals surface area contributed by atoms with E-state index in [9.17, 15) is 9.59 Å². The van der Waals surface area contributed by atoms with Gasteiger partial charge in [0, 0.05) is 51.5 Å². The number of aromatic nitrogens is 2. The Labute approximate surface area is 168 Å². The molecule has 29 heavy (non-hydrogen) atoms. The summed E-state index contributed by atoms with van der Waals surface area (Å²) >= 11 is 0. The SMILES string of the molecule is O=C1OC(C(=O)N2CCN(Cc3cn4ccccc4n3)CC2)Cc2ccccc21. The van der Waals surface area contributed by atoms with Gasteiger partial charge in [-0.3, -0.25) is 9.69 Å². The van der Waals surface area contributed by atoms with E-state index in [0.717, 1.165) is 36.5 Å². The first-order valence-corrected chi connectivity index (χ1v) is 9.90. The molecule has 5 rings (SSSR count). The highest BCUT2D eigenvalue weighted by Crippen LogP contribution is 2.22. The second-order valence-corrected chi connectivity index (χ2v) is 7.56. The number of rotatable bonds is 3. The predicted octanol–water partition coefficient (Wildman–Crippen LogP) is 1.76. The number of imidazole rings is 1. The summed E-state index contributed by atoms with van der Waals surface area (Å²) in [6.07, 6.45) is 3.77. The van der Waals surface area contributed by atoms with Crippen LogP contribution in [0.25, 0.3) is 5.65 Å². The standard InChI is InChI=1S/C22H22N4O3/c27-21(19-13-16-5-1-2-6-18(16)22(28)29-19)25-11-9-24(10-12-25)14-17-15-26-8-4-3-7-20(26)23-17/h1-8,15,19H,9-14H2. The lowest BCUT2D eigenvalue weighted by Gasteiger charge is -2.36. The smallest absolute Gasteiger partial charge is 0.339 e. The van der Waals surface area contributed by atoms with E-state index in [1.807, 2.05) is 58.1 Å². The summed E-state index contributed by atoms with van der Waals surface area (Å²) in [5.74, 6) is -0.504. The molecule has 1 amide bonds. The van der Waals surface area contributed by atoms with Gasteiger partial charge in [-0.25, -0.2) is 9.78 Å². The topological polar surface area (TPSA) is 67.2 Å². The fourth-order valence-electron chi connectivity index (χ4n) is 4.09. The minimum absolute atomic E-state index is 0.0970. The number of esters is 1. The number of pyridine rings is 1. The van der Waals surface area contributed by atoms with Crippen molar-refractivity contribution in [1.82, 2.24) is 19.2 Å². The molecule has 1 unspecified atom stereocenters. The molecule has 7 heteroatoms. The molecule has 0 N–H and O–H groups in total. The largest absolute Gasteiger partial charge is 0.448 e. The summed E-state index contributed by atoms with van der Waals surface area (Å²) in [6, 6.07) is 13.3. The number of amides is 1. The Kier molecular flexibility index (Phi) is 4.52. The van der Waals surface area contributed by atoms with Crippen molar-refractivity contribution < 1.29 is 14.3 Å². The Bertz CT molecular complexity index is 1040. The van der Waals surface area contributed by atoms with E-state index in [2.05, 4.69) is 9.88 Å². The zero-order valence-electron chi connectivity index (χ0n) is 16.0. The average molecular weight is 390 g/mol. The van der Waals surface area contributed by atoms with E-state index < -0.39 is 12.1 Å². The molecule has 0 saturated carbocycles. The number of carbonyl (C=O) groups is 2. The second kappa shape index (κ2) is 7.33. The van der Waals surface area contributed by atoms with Gasteiger partial charge in [-0.05, 0) is 23.8 Å². The molecule has 0 spiro atoms. The third-order valence-corrected chi connectivity index (χ3v) is 5.65. The van der Waals surface area contributed by atoms with Crippen molar-refractivity contribution >= 4 is 17.5 Å². The molecule has 7 nitrogen and oxygen atoms in total. The molecule has 2 aliphatic rings. The van der Waals surface area contributed by atoms with Crippen LogP contribution in [0.2, 0.25) is 0 Å². The summed E-state index contributed by atoms with van der Waals surface area (Å²) in [7, 11) is 0. The Morgan fingerprint density at radius 2 is 1.86 bits per heavy atom. The van der Waals surface area contributed by atoms with E-state index in [-0.39, 0.29) is 5.91 Å². The zero-order chi connectivity index (χ0) is 19.8. The number of benzene rings is 1. The van der Waals surface area contributed by atoms with Crippen LogP contribution in [0.1, 0.15) is 21.6 Å². The monoisotopic (exact) mass is 390 g/mol. The van der Waals surface area contributed by atoms with Crippen molar-refractivity contribution in [3.63, 3.8) is 0 Å². The highest BCUT2D eigenvalue weighted by Gasteiger charge is 2.34. The van der Waals surface area contributed by atoms with Crippen molar-refractivity contribution in [2.45, 2.75) is 19.1 Å². The summed E-state index contributed by atoms with van der Waals surface area (Å²) in [5.41, 5.74) is 3.41. The summed E-state index contributed by atoms with van der Waals surface area (Å²) in [5, 5.41) is 0. The Hall–Kier alpha value is -3.19. The molecule has 2 aromatic heterocycles. The number of cyclic esters (lactones) is 1. The van der Waals surface area contributed by atoms with Crippen molar-refractivity contribution in [1.29, 1.82) is 0 Å². The lowest BCUT2D eigenvalue weighted by molar-refractivity contribution is -0.142. The van der Waals surface area contributed by atoms with Gasteiger partial charge >= 0.3 is 5.97 Å². The Morgan fingerprint density at radius 1 is 1.07 bits per heavy atom. The fraction of sp³-hybridized carbons (Fsp3) is 0.318. The minimum atomic E-state index is -0.720. The summed E-state index contributed by atoms with van der Waals surface area (Å²) in [4.78, 5) is 33.9. The number of fused-ring (bicyclic) bond motifs is 2. The molecule has 0 radical (unpaired) electrons. The van der Waals surface area contributed by atoms with Gasteiger partial charge in [-0.15, -0.1) is 0 Å². The van der Waals surface area contributed by atoms with Gasteiger partial charge in [-0.1, -0.05) is 24.3 Å². The zero-order valence-corrected chi connectivity index (χ0v) is 16.0. The van der Waals surface area contributed by atoms with Crippen molar-refractivity contribution in [3.8, 4) is 0 Å². The van der Waals surface area contributed by atoms with Gasteiger partial charge < -0.3 is 14.0 Å². The molecule has 3 aromatic rings. The molecule has 148 valence electrons. The van der Waals surface area contributed by atoms with Crippen LogP contribution in [0.15, 0.2) is 54.9 Å². The van der Waals surface area contributed by atoms with E-state index >= 15 is 0 Å². The van der Waals surface area contributed by atoms with Gasteiger partial charge in [0.05, 0.1) is 11.3 Å². The molecule has 0 aliphatic carbocycles. The Balaban J connectivity index is 1.19.